The summed E-state index contributed by atoms with van der Waals surface area (Å²) in [4.78, 5) is 26.2. The van der Waals surface area contributed by atoms with Crippen LogP contribution in [0.5, 0.6) is 5.75 Å². The Morgan fingerprint density at radius 1 is 1.08 bits per heavy atom. The largest absolute Gasteiger partial charge is 0.492 e. The zero-order valence-corrected chi connectivity index (χ0v) is 15.2. The first-order chi connectivity index (χ1) is 12.5. The van der Waals surface area contributed by atoms with E-state index >= 15 is 0 Å². The van der Waals surface area contributed by atoms with Crippen molar-refractivity contribution in [2.45, 2.75) is 32.2 Å². The number of amides is 3. The van der Waals surface area contributed by atoms with Gasteiger partial charge in [0.25, 0.3) is 5.91 Å². The molecule has 0 saturated carbocycles. The second-order valence-electron chi connectivity index (χ2n) is 6.87. The minimum absolute atomic E-state index is 0.189. The Morgan fingerprint density at radius 3 is 2.58 bits per heavy atom. The van der Waals surface area contributed by atoms with Gasteiger partial charge >= 0.3 is 6.03 Å². The Labute approximate surface area is 154 Å². The summed E-state index contributed by atoms with van der Waals surface area (Å²) in [5.41, 5.74) is 1.39. The molecule has 26 heavy (non-hydrogen) atoms. The van der Waals surface area contributed by atoms with Crippen molar-refractivity contribution in [3.63, 3.8) is 0 Å². The fourth-order valence-corrected chi connectivity index (χ4v) is 3.12. The SMILES string of the molecule is Cc1cccc(OCCN2C(=O)N[C@](C)(CCc3ccccc3)C2=O)c1. The Morgan fingerprint density at radius 2 is 1.85 bits per heavy atom. The molecule has 1 fully saturated rings. The second kappa shape index (κ2) is 7.60. The summed E-state index contributed by atoms with van der Waals surface area (Å²) in [7, 11) is 0. The molecule has 136 valence electrons. The molecule has 1 atom stereocenters. The molecule has 2 aromatic carbocycles. The van der Waals surface area contributed by atoms with E-state index in [9.17, 15) is 9.59 Å². The first-order valence-electron chi connectivity index (χ1n) is 8.85. The van der Waals surface area contributed by atoms with Crippen LogP contribution in [-0.4, -0.2) is 35.5 Å². The monoisotopic (exact) mass is 352 g/mol. The molecule has 5 nitrogen and oxygen atoms in total. The number of carbonyl (C=O) groups is 2. The highest BCUT2D eigenvalue weighted by atomic mass is 16.5. The molecule has 1 heterocycles. The van der Waals surface area contributed by atoms with E-state index in [1.54, 1.807) is 6.92 Å². The number of nitrogens with one attached hydrogen (secondary N) is 1. The first kappa shape index (κ1) is 18.0. The number of benzene rings is 2. The van der Waals surface area contributed by atoms with Crippen molar-refractivity contribution in [3.05, 3.63) is 65.7 Å². The van der Waals surface area contributed by atoms with Crippen molar-refractivity contribution in [1.29, 1.82) is 0 Å². The topological polar surface area (TPSA) is 58.6 Å². The number of carbonyl (C=O) groups excluding carboxylic acids is 2. The van der Waals surface area contributed by atoms with E-state index in [1.807, 2.05) is 61.5 Å². The molecule has 5 heteroatoms. The van der Waals surface area contributed by atoms with Gasteiger partial charge < -0.3 is 10.1 Å². The van der Waals surface area contributed by atoms with E-state index < -0.39 is 5.54 Å². The van der Waals surface area contributed by atoms with Gasteiger partial charge in [-0.15, -0.1) is 0 Å². The Balaban J connectivity index is 1.55. The van der Waals surface area contributed by atoms with E-state index in [0.29, 0.717) is 6.42 Å². The summed E-state index contributed by atoms with van der Waals surface area (Å²) in [5.74, 6) is 0.551. The molecule has 2 aromatic rings. The average Bonchev–Trinajstić information content (AvgIpc) is 2.84. The highest BCUT2D eigenvalue weighted by Gasteiger charge is 2.47. The van der Waals surface area contributed by atoms with Crippen LogP contribution in [0.25, 0.3) is 0 Å². The highest BCUT2D eigenvalue weighted by molar-refractivity contribution is 6.06. The average molecular weight is 352 g/mol. The van der Waals surface area contributed by atoms with Crippen LogP contribution < -0.4 is 10.1 Å². The highest BCUT2D eigenvalue weighted by Crippen LogP contribution is 2.23. The van der Waals surface area contributed by atoms with Gasteiger partial charge in [0, 0.05) is 0 Å². The van der Waals surface area contributed by atoms with Crippen LogP contribution in [0.4, 0.5) is 4.79 Å². The number of urea groups is 1. The van der Waals surface area contributed by atoms with Crippen LogP contribution in [0.1, 0.15) is 24.5 Å². The number of hydrogen-bond acceptors (Lipinski definition) is 3. The summed E-state index contributed by atoms with van der Waals surface area (Å²) in [6.45, 7) is 4.29. The van der Waals surface area contributed by atoms with Gasteiger partial charge in [-0.05, 0) is 49.9 Å². The van der Waals surface area contributed by atoms with Crippen molar-refractivity contribution >= 4 is 11.9 Å². The number of nitrogens with zero attached hydrogens (tertiary/aromatic N) is 1. The van der Waals surface area contributed by atoms with Crippen LogP contribution in [-0.2, 0) is 11.2 Å². The molecule has 0 radical (unpaired) electrons. The van der Waals surface area contributed by atoms with Crippen molar-refractivity contribution in [2.24, 2.45) is 0 Å². The van der Waals surface area contributed by atoms with Gasteiger partial charge in [-0.3, -0.25) is 9.69 Å². The zero-order valence-electron chi connectivity index (χ0n) is 15.2. The van der Waals surface area contributed by atoms with Crippen LogP contribution in [0.2, 0.25) is 0 Å². The fourth-order valence-electron chi connectivity index (χ4n) is 3.12. The molecule has 1 aliphatic heterocycles. The van der Waals surface area contributed by atoms with Gasteiger partial charge in [-0.2, -0.15) is 0 Å². The summed E-state index contributed by atoms with van der Waals surface area (Å²) in [6, 6.07) is 17.3. The van der Waals surface area contributed by atoms with Crippen LogP contribution >= 0.6 is 0 Å². The molecular weight excluding hydrogens is 328 g/mol. The third-order valence-electron chi connectivity index (χ3n) is 4.67. The normalized spacial score (nSPS) is 19.5. The summed E-state index contributed by atoms with van der Waals surface area (Å²) < 4.78 is 5.67. The fraction of sp³-hybridized carbons (Fsp3) is 0.333. The first-order valence-corrected chi connectivity index (χ1v) is 8.85. The summed E-state index contributed by atoms with van der Waals surface area (Å²) in [5, 5.41) is 2.84. The summed E-state index contributed by atoms with van der Waals surface area (Å²) in [6.07, 6.45) is 1.30. The standard InChI is InChI=1S/C21H24N2O3/c1-16-7-6-10-18(15-16)26-14-13-23-19(24)21(2,22-20(23)25)12-11-17-8-4-3-5-9-17/h3-10,15H,11-14H2,1-2H3,(H,22,25)/t21-/m1/s1. The number of imide groups is 1. The van der Waals surface area contributed by atoms with Crippen molar-refractivity contribution in [2.75, 3.05) is 13.2 Å². The molecule has 3 rings (SSSR count). The van der Waals surface area contributed by atoms with Gasteiger partial charge in [0.15, 0.2) is 0 Å². The van der Waals surface area contributed by atoms with E-state index in [-0.39, 0.29) is 25.1 Å². The molecule has 1 saturated heterocycles. The molecule has 1 N–H and O–H groups in total. The lowest BCUT2D eigenvalue weighted by molar-refractivity contribution is -0.131. The molecule has 0 unspecified atom stereocenters. The van der Waals surface area contributed by atoms with Crippen molar-refractivity contribution < 1.29 is 14.3 Å². The minimum Gasteiger partial charge on any atom is -0.492 e. The summed E-state index contributed by atoms with van der Waals surface area (Å²) >= 11 is 0. The van der Waals surface area contributed by atoms with Gasteiger partial charge in [0.05, 0.1) is 6.54 Å². The van der Waals surface area contributed by atoms with Gasteiger partial charge in [0.2, 0.25) is 0 Å². The van der Waals surface area contributed by atoms with Crippen LogP contribution in [0, 0.1) is 6.92 Å². The second-order valence-corrected chi connectivity index (χ2v) is 6.87. The number of ether oxygens (including phenoxy) is 1. The number of rotatable bonds is 7. The zero-order chi connectivity index (χ0) is 18.6. The molecular formula is C21H24N2O3. The Hall–Kier alpha value is -2.82. The Bertz CT molecular complexity index is 791. The van der Waals surface area contributed by atoms with Crippen molar-refractivity contribution in [3.8, 4) is 5.75 Å². The number of aryl methyl sites for hydroxylation is 2. The Kier molecular flexibility index (Phi) is 5.26. The predicted molar refractivity (Wildman–Crippen MR) is 100 cm³/mol. The van der Waals surface area contributed by atoms with Gasteiger partial charge in [-0.1, -0.05) is 42.5 Å². The van der Waals surface area contributed by atoms with Gasteiger partial charge in [0.1, 0.15) is 17.9 Å². The lowest BCUT2D eigenvalue weighted by atomic mass is 9.93. The van der Waals surface area contributed by atoms with E-state index in [2.05, 4.69) is 5.32 Å². The maximum Gasteiger partial charge on any atom is 0.325 e. The van der Waals surface area contributed by atoms with Crippen molar-refractivity contribution in [1.82, 2.24) is 10.2 Å². The maximum atomic E-state index is 12.7. The molecule has 0 bridgehead atoms. The van der Waals surface area contributed by atoms with Crippen LogP contribution in [0.3, 0.4) is 0 Å². The van der Waals surface area contributed by atoms with E-state index in [0.717, 1.165) is 23.3 Å². The van der Waals surface area contributed by atoms with Crippen LogP contribution in [0.15, 0.2) is 54.6 Å². The lowest BCUT2D eigenvalue weighted by Crippen LogP contribution is -2.44. The molecule has 0 aromatic heterocycles. The van der Waals surface area contributed by atoms with Gasteiger partial charge in [-0.25, -0.2) is 4.79 Å². The third-order valence-corrected chi connectivity index (χ3v) is 4.67. The quantitative estimate of drug-likeness (QED) is 0.778. The maximum absolute atomic E-state index is 12.7. The van der Waals surface area contributed by atoms with E-state index in [4.69, 9.17) is 4.74 Å². The third kappa shape index (κ3) is 4.04. The minimum atomic E-state index is -0.865. The smallest absolute Gasteiger partial charge is 0.325 e. The molecule has 1 aliphatic rings. The van der Waals surface area contributed by atoms with E-state index in [1.165, 1.54) is 4.90 Å². The molecule has 0 aliphatic carbocycles. The molecule has 3 amide bonds. The number of hydrogen-bond donors (Lipinski definition) is 1. The lowest BCUT2D eigenvalue weighted by Gasteiger charge is -2.21. The molecule has 0 spiro atoms. The predicted octanol–water partition coefficient (Wildman–Crippen LogP) is 3.32.